The van der Waals surface area contributed by atoms with Gasteiger partial charge >= 0.3 is 0 Å². The highest BCUT2D eigenvalue weighted by Gasteiger charge is 2.06. The molecule has 0 aliphatic carbocycles. The van der Waals surface area contributed by atoms with Crippen LogP contribution >= 0.6 is 11.3 Å². The average molecular weight is 250 g/mol. The second kappa shape index (κ2) is 5.31. The number of nitrogens with one attached hydrogen (secondary N) is 1. The second-order valence-corrected chi connectivity index (χ2v) is 5.28. The third-order valence-corrected chi connectivity index (χ3v) is 3.87. The fourth-order valence-electron chi connectivity index (χ4n) is 1.60. The van der Waals surface area contributed by atoms with E-state index in [-0.39, 0.29) is 0 Å². The summed E-state index contributed by atoms with van der Waals surface area (Å²) in [6, 6.07) is 2.04. The molecule has 0 radical (unpaired) electrons. The summed E-state index contributed by atoms with van der Waals surface area (Å²) >= 11 is 1.72. The minimum atomic E-state index is 0.546. The van der Waals surface area contributed by atoms with E-state index in [9.17, 15) is 0 Å². The molecule has 0 unspecified atom stereocenters. The van der Waals surface area contributed by atoms with E-state index in [1.165, 1.54) is 10.6 Å². The topological polar surface area (TPSA) is 42.7 Å². The third kappa shape index (κ3) is 2.85. The van der Waals surface area contributed by atoms with Crippen molar-refractivity contribution >= 4 is 16.5 Å². The van der Waals surface area contributed by atoms with Crippen molar-refractivity contribution in [2.75, 3.05) is 5.32 Å². The normalized spacial score (nSPS) is 11.1. The summed E-state index contributed by atoms with van der Waals surface area (Å²) < 4.78 is 1.99. The van der Waals surface area contributed by atoms with Crippen molar-refractivity contribution in [1.82, 2.24) is 14.8 Å². The lowest BCUT2D eigenvalue weighted by molar-refractivity contribution is 0.627. The summed E-state index contributed by atoms with van der Waals surface area (Å²) in [5, 5.41) is 8.57. The molecule has 2 aromatic rings. The quantitative estimate of drug-likeness (QED) is 0.886. The molecule has 0 bridgehead atoms. The molecular weight excluding hydrogens is 232 g/mol. The largest absolute Gasteiger partial charge is 0.356 e. The van der Waals surface area contributed by atoms with E-state index in [1.54, 1.807) is 11.3 Å². The summed E-state index contributed by atoms with van der Waals surface area (Å²) in [4.78, 5) is 5.69. The van der Waals surface area contributed by atoms with Crippen LogP contribution in [0.15, 0.2) is 18.5 Å². The van der Waals surface area contributed by atoms with Crippen LogP contribution in [0.1, 0.15) is 37.3 Å². The Hall–Kier alpha value is -1.36. The minimum absolute atomic E-state index is 0.546. The molecule has 4 nitrogen and oxygen atoms in total. The maximum Gasteiger partial charge on any atom is 0.183 e. The van der Waals surface area contributed by atoms with Crippen LogP contribution < -0.4 is 5.32 Å². The third-order valence-electron chi connectivity index (χ3n) is 2.62. The predicted octanol–water partition coefficient (Wildman–Crippen LogP) is 3.10. The molecule has 0 aliphatic heterocycles. The van der Waals surface area contributed by atoms with Gasteiger partial charge in [-0.3, -0.25) is 4.68 Å². The van der Waals surface area contributed by atoms with Crippen molar-refractivity contribution in [2.24, 2.45) is 0 Å². The van der Waals surface area contributed by atoms with Gasteiger partial charge in [-0.15, -0.1) is 11.3 Å². The van der Waals surface area contributed by atoms with Crippen LogP contribution in [0.4, 0.5) is 5.13 Å². The van der Waals surface area contributed by atoms with Crippen LogP contribution in [0.3, 0.4) is 0 Å². The number of nitrogens with zero attached hydrogens (tertiary/aromatic N) is 3. The molecule has 0 fully saturated rings. The maximum atomic E-state index is 4.37. The summed E-state index contributed by atoms with van der Waals surface area (Å²) in [6.45, 7) is 8.14. The summed E-state index contributed by atoms with van der Waals surface area (Å²) in [5.41, 5.74) is 1.19. The highest BCUT2D eigenvalue weighted by atomic mass is 32.1. The molecule has 0 amide bonds. The molecule has 0 aromatic carbocycles. The SMILES string of the molecule is CCn1nccc1CNc1ncc(C(C)C)s1. The van der Waals surface area contributed by atoms with Gasteiger partial charge in [0.2, 0.25) is 0 Å². The van der Waals surface area contributed by atoms with Crippen molar-refractivity contribution in [1.29, 1.82) is 0 Å². The molecule has 2 heterocycles. The van der Waals surface area contributed by atoms with Gasteiger partial charge in [0.15, 0.2) is 5.13 Å². The van der Waals surface area contributed by atoms with Crippen molar-refractivity contribution in [3.63, 3.8) is 0 Å². The Labute approximate surface area is 106 Å². The van der Waals surface area contributed by atoms with Crippen LogP contribution in [0.5, 0.6) is 0 Å². The average Bonchev–Trinajstić information content (AvgIpc) is 2.95. The zero-order valence-electron chi connectivity index (χ0n) is 10.5. The van der Waals surface area contributed by atoms with Crippen LogP contribution in [0, 0.1) is 0 Å². The first-order valence-electron chi connectivity index (χ1n) is 5.91. The first kappa shape index (κ1) is 12.1. The number of anilines is 1. The molecule has 17 heavy (non-hydrogen) atoms. The van der Waals surface area contributed by atoms with E-state index in [2.05, 4.69) is 36.2 Å². The van der Waals surface area contributed by atoms with Gasteiger partial charge in [-0.1, -0.05) is 13.8 Å². The fraction of sp³-hybridized carbons (Fsp3) is 0.500. The van der Waals surface area contributed by atoms with Gasteiger partial charge in [-0.25, -0.2) is 4.98 Å². The fourth-order valence-corrected chi connectivity index (χ4v) is 2.41. The Morgan fingerprint density at radius 1 is 1.47 bits per heavy atom. The van der Waals surface area contributed by atoms with Gasteiger partial charge in [-0.05, 0) is 18.9 Å². The van der Waals surface area contributed by atoms with Crippen LogP contribution in [-0.2, 0) is 13.1 Å². The Morgan fingerprint density at radius 2 is 2.29 bits per heavy atom. The smallest absolute Gasteiger partial charge is 0.183 e. The molecular formula is C12H18N4S. The van der Waals surface area contributed by atoms with Gasteiger partial charge < -0.3 is 5.32 Å². The van der Waals surface area contributed by atoms with Crippen LogP contribution in [0.25, 0.3) is 0 Å². The molecule has 0 atom stereocenters. The summed E-state index contributed by atoms with van der Waals surface area (Å²) in [7, 11) is 0. The number of thiazole rings is 1. The van der Waals surface area contributed by atoms with E-state index >= 15 is 0 Å². The number of hydrogen-bond donors (Lipinski definition) is 1. The molecule has 92 valence electrons. The number of aromatic nitrogens is 3. The molecule has 1 N–H and O–H groups in total. The van der Waals surface area contributed by atoms with E-state index in [4.69, 9.17) is 0 Å². The summed E-state index contributed by atoms with van der Waals surface area (Å²) in [6.07, 6.45) is 3.79. The molecule has 5 heteroatoms. The van der Waals surface area contributed by atoms with E-state index in [1.807, 2.05) is 23.1 Å². The van der Waals surface area contributed by atoms with E-state index < -0.39 is 0 Å². The monoisotopic (exact) mass is 250 g/mol. The Morgan fingerprint density at radius 3 is 2.94 bits per heavy atom. The maximum absolute atomic E-state index is 4.37. The highest BCUT2D eigenvalue weighted by Crippen LogP contribution is 2.25. The van der Waals surface area contributed by atoms with Gasteiger partial charge in [0, 0.05) is 23.8 Å². The lowest BCUT2D eigenvalue weighted by Crippen LogP contribution is -2.07. The first-order chi connectivity index (χ1) is 8.20. The van der Waals surface area contributed by atoms with E-state index in [0.29, 0.717) is 5.92 Å². The van der Waals surface area contributed by atoms with Gasteiger partial charge in [0.25, 0.3) is 0 Å². The zero-order chi connectivity index (χ0) is 12.3. The lowest BCUT2D eigenvalue weighted by atomic mass is 10.2. The lowest BCUT2D eigenvalue weighted by Gasteiger charge is -2.05. The van der Waals surface area contributed by atoms with Gasteiger partial charge in [0.1, 0.15) is 0 Å². The molecule has 2 aromatic heterocycles. The van der Waals surface area contributed by atoms with Crippen molar-refractivity contribution in [3.05, 3.63) is 29.0 Å². The molecule has 2 rings (SSSR count). The van der Waals surface area contributed by atoms with E-state index in [0.717, 1.165) is 18.2 Å². The predicted molar refractivity (Wildman–Crippen MR) is 71.4 cm³/mol. The standard InChI is InChI=1S/C12H18N4S/c1-4-16-10(5-6-15-16)7-13-12-14-8-11(17-12)9(2)3/h5-6,8-9H,4,7H2,1-3H3,(H,13,14). The van der Waals surface area contributed by atoms with Gasteiger partial charge in [0.05, 0.1) is 12.2 Å². The van der Waals surface area contributed by atoms with Crippen molar-refractivity contribution < 1.29 is 0 Å². The Kier molecular flexibility index (Phi) is 3.78. The van der Waals surface area contributed by atoms with Crippen molar-refractivity contribution in [2.45, 2.75) is 39.8 Å². The molecule has 0 spiro atoms. The first-order valence-corrected chi connectivity index (χ1v) is 6.72. The Balaban J connectivity index is 1.97. The highest BCUT2D eigenvalue weighted by molar-refractivity contribution is 7.15. The minimum Gasteiger partial charge on any atom is -0.356 e. The zero-order valence-corrected chi connectivity index (χ0v) is 11.3. The second-order valence-electron chi connectivity index (χ2n) is 4.21. The van der Waals surface area contributed by atoms with Crippen LogP contribution in [-0.4, -0.2) is 14.8 Å². The molecule has 0 saturated heterocycles. The van der Waals surface area contributed by atoms with Crippen molar-refractivity contribution in [3.8, 4) is 0 Å². The summed E-state index contributed by atoms with van der Waals surface area (Å²) in [5.74, 6) is 0.546. The Bertz CT molecular complexity index is 472. The number of hydrogen-bond acceptors (Lipinski definition) is 4. The molecule has 0 aliphatic rings. The van der Waals surface area contributed by atoms with Crippen LogP contribution in [0.2, 0.25) is 0 Å². The molecule has 0 saturated carbocycles. The van der Waals surface area contributed by atoms with Gasteiger partial charge in [-0.2, -0.15) is 5.10 Å². The number of rotatable bonds is 5. The number of aryl methyl sites for hydroxylation is 1.